The quantitative estimate of drug-likeness (QED) is 0.510. The van der Waals surface area contributed by atoms with Crippen LogP contribution in [0.25, 0.3) is 10.9 Å². The maximum absolute atomic E-state index is 10.7. The Morgan fingerprint density at radius 3 is 2.93 bits per heavy atom. The highest BCUT2D eigenvalue weighted by Gasteiger charge is 2.11. The molecule has 0 bridgehead atoms. The van der Waals surface area contributed by atoms with Gasteiger partial charge < -0.3 is 0 Å². The zero-order chi connectivity index (χ0) is 10.1. The van der Waals surface area contributed by atoms with E-state index in [1.54, 1.807) is 12.3 Å². The Morgan fingerprint density at radius 1 is 1.43 bits per heavy atom. The molecule has 1 aromatic carbocycles. The van der Waals surface area contributed by atoms with Crippen LogP contribution in [0.5, 0.6) is 0 Å². The molecule has 0 saturated carbocycles. The predicted octanol–water partition coefficient (Wildman–Crippen LogP) is 2.45. The number of nitrogens with zero attached hydrogens (tertiary/aromatic N) is 2. The Morgan fingerprint density at radius 2 is 2.21 bits per heavy atom. The van der Waals surface area contributed by atoms with Crippen LogP contribution in [0.2, 0.25) is 0 Å². The van der Waals surface area contributed by atoms with E-state index < -0.39 is 4.92 Å². The van der Waals surface area contributed by atoms with E-state index in [0.29, 0.717) is 5.52 Å². The predicted molar refractivity (Wildman–Crippen MR) is 53.1 cm³/mol. The fraction of sp³-hybridized carbons (Fsp3) is 0.100. The van der Waals surface area contributed by atoms with Gasteiger partial charge in [-0.2, -0.15) is 0 Å². The van der Waals surface area contributed by atoms with Crippen molar-refractivity contribution < 1.29 is 4.92 Å². The summed E-state index contributed by atoms with van der Waals surface area (Å²) in [6.07, 6.45) is 1.63. The molecule has 4 heteroatoms. The van der Waals surface area contributed by atoms with Crippen LogP contribution in [0, 0.1) is 17.0 Å². The summed E-state index contributed by atoms with van der Waals surface area (Å²) >= 11 is 0. The van der Waals surface area contributed by atoms with Gasteiger partial charge >= 0.3 is 0 Å². The number of pyridine rings is 1. The van der Waals surface area contributed by atoms with E-state index in [1.165, 1.54) is 6.07 Å². The zero-order valence-electron chi connectivity index (χ0n) is 7.60. The second-order valence-electron chi connectivity index (χ2n) is 3.12. The van der Waals surface area contributed by atoms with E-state index in [0.717, 1.165) is 10.9 Å². The SMILES string of the molecule is Cc1cnc2c([N+](=O)[O-])cccc2c1. The Hall–Kier alpha value is -1.97. The molecule has 0 aliphatic rings. The third kappa shape index (κ3) is 1.31. The molecule has 4 nitrogen and oxygen atoms in total. The van der Waals surface area contributed by atoms with Gasteiger partial charge in [-0.1, -0.05) is 12.1 Å². The van der Waals surface area contributed by atoms with Crippen LogP contribution >= 0.6 is 0 Å². The van der Waals surface area contributed by atoms with E-state index in [-0.39, 0.29) is 5.69 Å². The first-order valence-corrected chi connectivity index (χ1v) is 4.18. The van der Waals surface area contributed by atoms with Crippen LogP contribution in [0.1, 0.15) is 5.56 Å². The van der Waals surface area contributed by atoms with Crippen molar-refractivity contribution in [1.29, 1.82) is 0 Å². The lowest BCUT2D eigenvalue weighted by Gasteiger charge is -1.98. The summed E-state index contributed by atoms with van der Waals surface area (Å²) < 4.78 is 0. The molecule has 0 amide bonds. The van der Waals surface area contributed by atoms with Gasteiger partial charge in [-0.15, -0.1) is 0 Å². The third-order valence-corrected chi connectivity index (χ3v) is 2.02. The largest absolute Gasteiger partial charge is 0.295 e. The molecule has 70 valence electrons. The van der Waals surface area contributed by atoms with Crippen molar-refractivity contribution in [2.75, 3.05) is 0 Å². The van der Waals surface area contributed by atoms with Gasteiger partial charge in [0.15, 0.2) is 0 Å². The van der Waals surface area contributed by atoms with E-state index >= 15 is 0 Å². The molecule has 2 aromatic rings. The van der Waals surface area contributed by atoms with Crippen LogP contribution in [0.3, 0.4) is 0 Å². The molecule has 0 spiro atoms. The first kappa shape index (κ1) is 8.62. The Kier molecular flexibility index (Phi) is 1.89. The lowest BCUT2D eigenvalue weighted by molar-refractivity contribution is -0.383. The average Bonchev–Trinajstić information content (AvgIpc) is 2.16. The van der Waals surface area contributed by atoms with E-state index in [2.05, 4.69) is 4.98 Å². The van der Waals surface area contributed by atoms with Gasteiger partial charge in [0.25, 0.3) is 5.69 Å². The summed E-state index contributed by atoms with van der Waals surface area (Å²) in [6.45, 7) is 1.91. The molecular weight excluding hydrogens is 180 g/mol. The Labute approximate surface area is 80.4 Å². The van der Waals surface area contributed by atoms with Crippen LogP contribution < -0.4 is 0 Å². The minimum atomic E-state index is -0.412. The van der Waals surface area contributed by atoms with Crippen molar-refractivity contribution in [3.63, 3.8) is 0 Å². The monoisotopic (exact) mass is 188 g/mol. The molecule has 2 rings (SSSR count). The average molecular weight is 188 g/mol. The first-order valence-electron chi connectivity index (χ1n) is 4.18. The Bertz CT molecular complexity index is 508. The number of aryl methyl sites for hydroxylation is 1. The topological polar surface area (TPSA) is 56.0 Å². The normalized spacial score (nSPS) is 10.4. The molecule has 14 heavy (non-hydrogen) atoms. The molecule has 1 aromatic heterocycles. The summed E-state index contributed by atoms with van der Waals surface area (Å²) in [6, 6.07) is 6.84. The fourth-order valence-electron chi connectivity index (χ4n) is 1.40. The summed E-state index contributed by atoms with van der Waals surface area (Å²) in [5.41, 5.74) is 1.50. The molecule has 1 heterocycles. The summed E-state index contributed by atoms with van der Waals surface area (Å²) in [5.74, 6) is 0. The lowest BCUT2D eigenvalue weighted by atomic mass is 10.1. The fourth-order valence-corrected chi connectivity index (χ4v) is 1.40. The number of fused-ring (bicyclic) bond motifs is 1. The molecule has 0 fully saturated rings. The maximum atomic E-state index is 10.7. The highest BCUT2D eigenvalue weighted by Crippen LogP contribution is 2.23. The molecule has 0 saturated heterocycles. The van der Waals surface area contributed by atoms with Gasteiger partial charge in [0.05, 0.1) is 4.92 Å². The number of benzene rings is 1. The molecule has 0 N–H and O–H groups in total. The number of nitro groups is 1. The highest BCUT2D eigenvalue weighted by molar-refractivity contribution is 5.87. The second-order valence-corrected chi connectivity index (χ2v) is 3.12. The molecule has 0 atom stereocenters. The third-order valence-electron chi connectivity index (χ3n) is 2.02. The highest BCUT2D eigenvalue weighted by atomic mass is 16.6. The lowest BCUT2D eigenvalue weighted by Crippen LogP contribution is -1.91. The molecule has 0 aliphatic carbocycles. The summed E-state index contributed by atoms with van der Waals surface area (Å²) in [4.78, 5) is 14.3. The number of non-ortho nitro benzene ring substituents is 1. The minimum absolute atomic E-state index is 0.0579. The van der Waals surface area contributed by atoms with Gasteiger partial charge in [-0.05, 0) is 18.6 Å². The molecular formula is C10H8N2O2. The van der Waals surface area contributed by atoms with Gasteiger partial charge in [-0.25, -0.2) is 4.98 Å². The van der Waals surface area contributed by atoms with Gasteiger partial charge in [-0.3, -0.25) is 10.1 Å². The molecule has 0 aliphatic heterocycles. The first-order chi connectivity index (χ1) is 6.68. The maximum Gasteiger partial charge on any atom is 0.295 e. The second kappa shape index (κ2) is 3.06. The number of aromatic nitrogens is 1. The van der Waals surface area contributed by atoms with Gasteiger partial charge in [0, 0.05) is 17.6 Å². The van der Waals surface area contributed by atoms with E-state index in [1.807, 2.05) is 19.1 Å². The van der Waals surface area contributed by atoms with Crippen molar-refractivity contribution in [1.82, 2.24) is 4.98 Å². The van der Waals surface area contributed by atoms with Gasteiger partial charge in [0.1, 0.15) is 5.52 Å². The van der Waals surface area contributed by atoms with Crippen LogP contribution in [0.15, 0.2) is 30.5 Å². The number of para-hydroxylation sites is 1. The number of rotatable bonds is 1. The van der Waals surface area contributed by atoms with Crippen molar-refractivity contribution in [2.45, 2.75) is 6.92 Å². The minimum Gasteiger partial charge on any atom is -0.258 e. The molecule has 0 radical (unpaired) electrons. The van der Waals surface area contributed by atoms with Crippen molar-refractivity contribution in [3.05, 3.63) is 46.1 Å². The van der Waals surface area contributed by atoms with Gasteiger partial charge in [0.2, 0.25) is 0 Å². The van der Waals surface area contributed by atoms with E-state index in [4.69, 9.17) is 0 Å². The van der Waals surface area contributed by atoms with Crippen molar-refractivity contribution in [3.8, 4) is 0 Å². The number of hydrogen-bond acceptors (Lipinski definition) is 3. The standard InChI is InChI=1S/C10H8N2O2/c1-7-5-8-3-2-4-9(12(13)14)10(8)11-6-7/h2-6H,1H3. The zero-order valence-corrected chi connectivity index (χ0v) is 7.60. The number of nitro benzene ring substituents is 1. The van der Waals surface area contributed by atoms with Crippen LogP contribution in [-0.2, 0) is 0 Å². The van der Waals surface area contributed by atoms with E-state index in [9.17, 15) is 10.1 Å². The smallest absolute Gasteiger partial charge is 0.258 e. The number of hydrogen-bond donors (Lipinski definition) is 0. The van der Waals surface area contributed by atoms with Crippen molar-refractivity contribution >= 4 is 16.6 Å². The summed E-state index contributed by atoms with van der Waals surface area (Å²) in [5, 5.41) is 11.5. The van der Waals surface area contributed by atoms with Crippen LogP contribution in [0.4, 0.5) is 5.69 Å². The van der Waals surface area contributed by atoms with Crippen LogP contribution in [-0.4, -0.2) is 9.91 Å². The van der Waals surface area contributed by atoms with Crippen molar-refractivity contribution in [2.24, 2.45) is 0 Å². The molecule has 0 unspecified atom stereocenters. The Balaban J connectivity index is 2.81. The summed E-state index contributed by atoms with van der Waals surface area (Å²) in [7, 11) is 0.